The van der Waals surface area contributed by atoms with Gasteiger partial charge in [0.2, 0.25) is 0 Å². The molecule has 4 heteroatoms. The summed E-state index contributed by atoms with van der Waals surface area (Å²) in [5, 5.41) is 9.67. The van der Waals surface area contributed by atoms with Gasteiger partial charge in [-0.05, 0) is 66.6 Å². The minimum Gasteiger partial charge on any atom is -0.494 e. The highest BCUT2D eigenvalue weighted by molar-refractivity contribution is 5.96. The normalized spacial score (nSPS) is 11.9. The first-order valence-electron chi connectivity index (χ1n) is 13.3. The van der Waals surface area contributed by atoms with Crippen LogP contribution in [0.3, 0.4) is 0 Å². The van der Waals surface area contributed by atoms with E-state index in [2.05, 4.69) is 20.8 Å². The maximum atomic E-state index is 11.8. The van der Waals surface area contributed by atoms with Crippen molar-refractivity contribution in [2.75, 3.05) is 13.2 Å². The summed E-state index contributed by atoms with van der Waals surface area (Å²) in [6, 6.07) is 12.9. The maximum Gasteiger partial charge on any atom is 0.336 e. The average Bonchev–Trinajstić information content (AvgIpc) is 2.85. The van der Waals surface area contributed by atoms with E-state index >= 15 is 0 Å². The molecule has 0 aliphatic heterocycles. The van der Waals surface area contributed by atoms with Gasteiger partial charge in [0, 0.05) is 0 Å². The monoisotopic (exact) mass is 468 g/mol. The second-order valence-corrected chi connectivity index (χ2v) is 9.36. The van der Waals surface area contributed by atoms with E-state index in [1.165, 1.54) is 57.8 Å². The molecule has 0 aliphatic rings. The van der Waals surface area contributed by atoms with E-state index < -0.39 is 5.97 Å². The zero-order valence-electron chi connectivity index (χ0n) is 21.5. The highest BCUT2D eigenvalue weighted by Gasteiger charge is 2.13. The number of carboxylic acid groups (broad SMARTS) is 1. The molecule has 0 saturated heterocycles. The molecule has 0 amide bonds. The molecule has 0 spiro atoms. The zero-order chi connectivity index (χ0) is 24.6. The lowest BCUT2D eigenvalue weighted by Crippen LogP contribution is -2.03. The minimum atomic E-state index is -0.935. The first-order chi connectivity index (χ1) is 16.5. The smallest absolute Gasteiger partial charge is 0.336 e. The number of ether oxygens (including phenoxy) is 2. The highest BCUT2D eigenvalue weighted by Crippen LogP contribution is 2.30. The third-order valence-corrected chi connectivity index (χ3v) is 6.46. The lowest BCUT2D eigenvalue weighted by Gasteiger charge is -2.12. The Bertz CT molecular complexity index is 828. The van der Waals surface area contributed by atoms with Crippen molar-refractivity contribution < 1.29 is 19.4 Å². The van der Waals surface area contributed by atoms with Gasteiger partial charge in [0.15, 0.2) is 0 Å². The van der Waals surface area contributed by atoms with Gasteiger partial charge in [0.1, 0.15) is 11.5 Å². The molecule has 0 heterocycles. The van der Waals surface area contributed by atoms with Crippen molar-refractivity contribution in [3.63, 3.8) is 0 Å². The summed E-state index contributed by atoms with van der Waals surface area (Å²) in [4.78, 5) is 11.8. The molecule has 0 bridgehead atoms. The first-order valence-corrected chi connectivity index (χ1v) is 13.3. The maximum absolute atomic E-state index is 11.8. The molecule has 0 aromatic heterocycles. The summed E-state index contributed by atoms with van der Waals surface area (Å²) in [5.41, 5.74) is 1.80. The summed E-state index contributed by atoms with van der Waals surface area (Å²) in [6.45, 7) is 8.08. The zero-order valence-corrected chi connectivity index (χ0v) is 21.5. The van der Waals surface area contributed by atoms with Crippen LogP contribution in [0, 0.1) is 5.92 Å². The molecule has 1 N–H and O–H groups in total. The van der Waals surface area contributed by atoms with E-state index in [4.69, 9.17) is 9.47 Å². The van der Waals surface area contributed by atoms with Crippen LogP contribution in [0.1, 0.15) is 102 Å². The van der Waals surface area contributed by atoms with Gasteiger partial charge in [0.25, 0.3) is 0 Å². The summed E-state index contributed by atoms with van der Waals surface area (Å²) in [5.74, 6) is 1.32. The van der Waals surface area contributed by atoms with Crippen molar-refractivity contribution in [2.45, 2.75) is 91.4 Å². The van der Waals surface area contributed by atoms with Crippen LogP contribution in [0.4, 0.5) is 0 Å². The van der Waals surface area contributed by atoms with Gasteiger partial charge in [-0.25, -0.2) is 4.79 Å². The standard InChI is InChI=1S/C30H44O4/c1-4-6-7-8-9-10-11-12-21-34-27-19-20-28(30(31)32)29(23-27)25-15-17-26(18-16-25)33-22-13-14-24(3)5-2/h15-20,23-24H,4-14,21-22H2,1-3H3,(H,31,32). The molecule has 0 aliphatic carbocycles. The van der Waals surface area contributed by atoms with E-state index in [-0.39, 0.29) is 5.56 Å². The lowest BCUT2D eigenvalue weighted by molar-refractivity contribution is 0.0697. The van der Waals surface area contributed by atoms with Crippen molar-refractivity contribution in [2.24, 2.45) is 5.92 Å². The van der Waals surface area contributed by atoms with Gasteiger partial charge in [-0.3, -0.25) is 0 Å². The van der Waals surface area contributed by atoms with Gasteiger partial charge < -0.3 is 14.6 Å². The van der Waals surface area contributed by atoms with Gasteiger partial charge in [-0.1, -0.05) is 84.3 Å². The van der Waals surface area contributed by atoms with Crippen LogP contribution in [-0.4, -0.2) is 24.3 Å². The van der Waals surface area contributed by atoms with Crippen LogP contribution in [0.2, 0.25) is 0 Å². The topological polar surface area (TPSA) is 55.8 Å². The predicted molar refractivity (Wildman–Crippen MR) is 141 cm³/mol. The van der Waals surface area contributed by atoms with Gasteiger partial charge in [-0.2, -0.15) is 0 Å². The van der Waals surface area contributed by atoms with E-state index in [1.54, 1.807) is 12.1 Å². The Hall–Kier alpha value is -2.49. The minimum absolute atomic E-state index is 0.279. The molecule has 0 saturated carbocycles. The van der Waals surface area contributed by atoms with E-state index in [9.17, 15) is 9.90 Å². The Morgan fingerprint density at radius 2 is 1.38 bits per heavy atom. The average molecular weight is 469 g/mol. The van der Waals surface area contributed by atoms with Crippen LogP contribution in [-0.2, 0) is 0 Å². The lowest BCUT2D eigenvalue weighted by atomic mass is 9.99. The van der Waals surface area contributed by atoms with Crippen LogP contribution in [0.5, 0.6) is 11.5 Å². The second kappa shape index (κ2) is 16.2. The molecule has 4 nitrogen and oxygen atoms in total. The van der Waals surface area contributed by atoms with Gasteiger partial charge in [-0.15, -0.1) is 0 Å². The molecular weight excluding hydrogens is 424 g/mol. The van der Waals surface area contributed by atoms with Crippen molar-refractivity contribution in [3.05, 3.63) is 48.0 Å². The summed E-state index contributed by atoms with van der Waals surface area (Å²) in [6.07, 6.45) is 13.4. The summed E-state index contributed by atoms with van der Waals surface area (Å²) >= 11 is 0. The fourth-order valence-electron chi connectivity index (χ4n) is 4.02. The van der Waals surface area contributed by atoms with Crippen molar-refractivity contribution >= 4 is 5.97 Å². The number of hydrogen-bond donors (Lipinski definition) is 1. The predicted octanol–water partition coefficient (Wildman–Crippen LogP) is 8.78. The summed E-state index contributed by atoms with van der Waals surface area (Å²) in [7, 11) is 0. The quantitative estimate of drug-likeness (QED) is 0.222. The van der Waals surface area contributed by atoms with Gasteiger partial charge >= 0.3 is 5.97 Å². The number of benzene rings is 2. The Morgan fingerprint density at radius 1 is 0.794 bits per heavy atom. The Kier molecular flexibility index (Phi) is 13.2. The molecule has 1 atom stereocenters. The Balaban J connectivity index is 1.88. The molecule has 0 radical (unpaired) electrons. The van der Waals surface area contributed by atoms with Crippen LogP contribution >= 0.6 is 0 Å². The van der Waals surface area contributed by atoms with E-state index in [1.807, 2.05) is 30.3 Å². The van der Waals surface area contributed by atoms with Crippen molar-refractivity contribution in [1.29, 1.82) is 0 Å². The van der Waals surface area contributed by atoms with Crippen LogP contribution in [0.15, 0.2) is 42.5 Å². The molecule has 0 fully saturated rings. The largest absolute Gasteiger partial charge is 0.494 e. The number of aromatic carboxylic acids is 1. The molecule has 1 unspecified atom stereocenters. The van der Waals surface area contributed by atoms with Crippen molar-refractivity contribution in [3.8, 4) is 22.6 Å². The van der Waals surface area contributed by atoms with Gasteiger partial charge in [0.05, 0.1) is 18.8 Å². The fraction of sp³-hybridized carbons (Fsp3) is 0.567. The van der Waals surface area contributed by atoms with Crippen LogP contribution in [0.25, 0.3) is 11.1 Å². The SMILES string of the molecule is CCCCCCCCCCOc1ccc(C(=O)O)c(-c2ccc(OCCCC(C)CC)cc2)c1. The number of carbonyl (C=O) groups is 1. The Labute approximate surface area is 206 Å². The number of carboxylic acids is 1. The Morgan fingerprint density at radius 3 is 2.03 bits per heavy atom. The second-order valence-electron chi connectivity index (χ2n) is 9.36. The van der Waals surface area contributed by atoms with Crippen molar-refractivity contribution in [1.82, 2.24) is 0 Å². The molecule has 2 aromatic carbocycles. The number of hydrogen-bond acceptors (Lipinski definition) is 3. The highest BCUT2D eigenvalue weighted by atomic mass is 16.5. The first kappa shape index (κ1) is 27.8. The molecule has 34 heavy (non-hydrogen) atoms. The molecule has 188 valence electrons. The molecule has 2 aromatic rings. The molecule has 2 rings (SSSR count). The molecular formula is C30H44O4. The third-order valence-electron chi connectivity index (χ3n) is 6.46. The number of unbranched alkanes of at least 4 members (excludes halogenated alkanes) is 7. The number of rotatable bonds is 18. The van der Waals surface area contributed by atoms with E-state index in [0.29, 0.717) is 24.5 Å². The summed E-state index contributed by atoms with van der Waals surface area (Å²) < 4.78 is 11.8. The third kappa shape index (κ3) is 10.2. The van der Waals surface area contributed by atoms with Crippen LogP contribution < -0.4 is 9.47 Å². The fourth-order valence-corrected chi connectivity index (χ4v) is 4.02. The van der Waals surface area contributed by atoms with E-state index in [0.717, 1.165) is 30.1 Å².